The lowest BCUT2D eigenvalue weighted by atomic mass is 10.1. The molecule has 0 unspecified atom stereocenters. The molecule has 0 fully saturated rings. The lowest BCUT2D eigenvalue weighted by Gasteiger charge is -2.01. The van der Waals surface area contributed by atoms with Crippen molar-refractivity contribution in [3.8, 4) is 0 Å². The Kier molecular flexibility index (Phi) is 2.81. The van der Waals surface area contributed by atoms with E-state index in [1.54, 1.807) is 6.92 Å². The zero-order chi connectivity index (χ0) is 8.97. The largest absolute Gasteiger partial charge is 0.207 e. The molecular formula is C11H11F. The summed E-state index contributed by atoms with van der Waals surface area (Å²) in [5, 5.41) is 0. The van der Waals surface area contributed by atoms with Gasteiger partial charge in [0.2, 0.25) is 0 Å². The number of rotatable bonds is 2. The Morgan fingerprint density at radius 1 is 1.33 bits per heavy atom. The number of halogens is 1. The highest BCUT2D eigenvalue weighted by atomic mass is 19.1. The monoisotopic (exact) mass is 162 g/mol. The minimum Gasteiger partial charge on any atom is -0.207 e. The third-order valence-electron chi connectivity index (χ3n) is 1.66. The van der Waals surface area contributed by atoms with Crippen molar-refractivity contribution in [3.05, 3.63) is 54.4 Å². The molecule has 0 saturated heterocycles. The average molecular weight is 162 g/mol. The summed E-state index contributed by atoms with van der Waals surface area (Å²) < 4.78 is 13.0. The van der Waals surface area contributed by atoms with Gasteiger partial charge in [-0.05, 0) is 12.5 Å². The van der Waals surface area contributed by atoms with E-state index in [0.29, 0.717) is 5.57 Å². The van der Waals surface area contributed by atoms with E-state index >= 15 is 0 Å². The van der Waals surface area contributed by atoms with Crippen molar-refractivity contribution in [1.29, 1.82) is 0 Å². The van der Waals surface area contributed by atoms with Gasteiger partial charge in [0, 0.05) is 5.57 Å². The molecule has 0 saturated carbocycles. The standard InChI is InChI=1S/C11H11F/c1-3-11(12)9(2)10-7-5-4-6-8-10/h3-8H,2H2,1H3/b11-3+. The molecule has 1 rings (SSSR count). The molecule has 0 atom stereocenters. The van der Waals surface area contributed by atoms with Crippen LogP contribution in [0.4, 0.5) is 4.39 Å². The van der Waals surface area contributed by atoms with Crippen LogP contribution < -0.4 is 0 Å². The van der Waals surface area contributed by atoms with Gasteiger partial charge in [0.05, 0.1) is 0 Å². The van der Waals surface area contributed by atoms with E-state index in [2.05, 4.69) is 6.58 Å². The molecule has 0 spiro atoms. The first-order chi connectivity index (χ1) is 5.75. The van der Waals surface area contributed by atoms with Gasteiger partial charge in [-0.2, -0.15) is 0 Å². The maximum atomic E-state index is 13.0. The maximum absolute atomic E-state index is 13.0. The Hall–Kier alpha value is -1.37. The van der Waals surface area contributed by atoms with Gasteiger partial charge >= 0.3 is 0 Å². The predicted octanol–water partition coefficient (Wildman–Crippen LogP) is 3.57. The molecule has 0 radical (unpaired) electrons. The first-order valence-corrected chi connectivity index (χ1v) is 3.82. The lowest BCUT2D eigenvalue weighted by Crippen LogP contribution is -1.81. The summed E-state index contributed by atoms with van der Waals surface area (Å²) >= 11 is 0. The highest BCUT2D eigenvalue weighted by Gasteiger charge is 2.01. The third-order valence-corrected chi connectivity index (χ3v) is 1.66. The molecule has 1 aromatic rings. The van der Waals surface area contributed by atoms with Crippen molar-refractivity contribution in [1.82, 2.24) is 0 Å². The fourth-order valence-corrected chi connectivity index (χ4v) is 0.951. The first kappa shape index (κ1) is 8.72. The van der Waals surface area contributed by atoms with Gasteiger partial charge in [-0.25, -0.2) is 4.39 Å². The van der Waals surface area contributed by atoms with Crippen molar-refractivity contribution in [2.24, 2.45) is 0 Å². The fourth-order valence-electron chi connectivity index (χ4n) is 0.951. The summed E-state index contributed by atoms with van der Waals surface area (Å²) in [4.78, 5) is 0. The van der Waals surface area contributed by atoms with E-state index in [9.17, 15) is 4.39 Å². The summed E-state index contributed by atoms with van der Waals surface area (Å²) in [5.74, 6) is -0.263. The van der Waals surface area contributed by atoms with Gasteiger partial charge in [0.1, 0.15) is 5.83 Å². The summed E-state index contributed by atoms with van der Waals surface area (Å²) in [7, 11) is 0. The van der Waals surface area contributed by atoms with E-state index in [-0.39, 0.29) is 5.83 Å². The molecular weight excluding hydrogens is 151 g/mol. The molecule has 0 aliphatic heterocycles. The van der Waals surface area contributed by atoms with Crippen LogP contribution in [0.25, 0.3) is 5.57 Å². The van der Waals surface area contributed by atoms with Crippen molar-refractivity contribution >= 4 is 5.57 Å². The SMILES string of the molecule is C=C(/C(F)=C\C)c1ccccc1. The molecule has 1 aromatic carbocycles. The van der Waals surface area contributed by atoms with Gasteiger partial charge in [0.25, 0.3) is 0 Å². The quantitative estimate of drug-likeness (QED) is 0.583. The minimum atomic E-state index is -0.263. The number of allylic oxidation sites excluding steroid dienone is 3. The third kappa shape index (κ3) is 1.82. The highest BCUT2D eigenvalue weighted by Crippen LogP contribution is 2.20. The molecule has 0 heterocycles. The molecule has 1 heteroatoms. The Balaban J connectivity index is 2.94. The van der Waals surface area contributed by atoms with Gasteiger partial charge in [-0.3, -0.25) is 0 Å². The van der Waals surface area contributed by atoms with Crippen LogP contribution in [0, 0.1) is 0 Å². The molecule has 12 heavy (non-hydrogen) atoms. The second-order valence-electron chi connectivity index (χ2n) is 2.48. The van der Waals surface area contributed by atoms with Crippen molar-refractivity contribution in [2.75, 3.05) is 0 Å². The van der Waals surface area contributed by atoms with Gasteiger partial charge in [-0.1, -0.05) is 43.0 Å². The van der Waals surface area contributed by atoms with Gasteiger partial charge in [-0.15, -0.1) is 0 Å². The van der Waals surface area contributed by atoms with E-state index < -0.39 is 0 Å². The molecule has 0 bridgehead atoms. The summed E-state index contributed by atoms with van der Waals surface area (Å²) in [6.07, 6.45) is 1.41. The molecule has 0 amide bonds. The molecule has 0 aromatic heterocycles. The Morgan fingerprint density at radius 3 is 2.42 bits per heavy atom. The van der Waals surface area contributed by atoms with Crippen molar-refractivity contribution < 1.29 is 4.39 Å². The Labute approximate surface area is 72.0 Å². The highest BCUT2D eigenvalue weighted by molar-refractivity contribution is 5.74. The van der Waals surface area contributed by atoms with Crippen LogP contribution in [0.5, 0.6) is 0 Å². The average Bonchev–Trinajstić information content (AvgIpc) is 2.17. The zero-order valence-electron chi connectivity index (χ0n) is 7.05. The molecule has 0 N–H and O–H groups in total. The number of hydrogen-bond donors (Lipinski definition) is 0. The molecule has 0 nitrogen and oxygen atoms in total. The first-order valence-electron chi connectivity index (χ1n) is 3.82. The lowest BCUT2D eigenvalue weighted by molar-refractivity contribution is 0.672. The van der Waals surface area contributed by atoms with E-state index in [1.165, 1.54) is 6.08 Å². The van der Waals surface area contributed by atoms with Crippen LogP contribution in [0.1, 0.15) is 12.5 Å². The molecule has 62 valence electrons. The second-order valence-corrected chi connectivity index (χ2v) is 2.48. The van der Waals surface area contributed by atoms with Crippen LogP contribution in [0.2, 0.25) is 0 Å². The van der Waals surface area contributed by atoms with Crippen LogP contribution in [-0.2, 0) is 0 Å². The normalized spacial score (nSPS) is 11.3. The molecule has 0 aliphatic rings. The Bertz CT molecular complexity index is 296. The fraction of sp³-hybridized carbons (Fsp3) is 0.0909. The van der Waals surface area contributed by atoms with Crippen LogP contribution >= 0.6 is 0 Å². The zero-order valence-corrected chi connectivity index (χ0v) is 7.05. The summed E-state index contributed by atoms with van der Waals surface area (Å²) in [6, 6.07) is 9.30. The predicted molar refractivity (Wildman–Crippen MR) is 50.3 cm³/mol. The Morgan fingerprint density at radius 2 is 1.92 bits per heavy atom. The van der Waals surface area contributed by atoms with Crippen molar-refractivity contribution in [3.63, 3.8) is 0 Å². The van der Waals surface area contributed by atoms with E-state index in [0.717, 1.165) is 5.56 Å². The second kappa shape index (κ2) is 3.86. The maximum Gasteiger partial charge on any atom is 0.126 e. The minimum absolute atomic E-state index is 0.263. The van der Waals surface area contributed by atoms with Gasteiger partial charge < -0.3 is 0 Å². The van der Waals surface area contributed by atoms with Crippen molar-refractivity contribution in [2.45, 2.75) is 6.92 Å². The van der Waals surface area contributed by atoms with Crippen LogP contribution in [0.3, 0.4) is 0 Å². The topological polar surface area (TPSA) is 0 Å². The van der Waals surface area contributed by atoms with Crippen LogP contribution in [0.15, 0.2) is 48.8 Å². The summed E-state index contributed by atoms with van der Waals surface area (Å²) in [6.45, 7) is 5.31. The van der Waals surface area contributed by atoms with Gasteiger partial charge in [0.15, 0.2) is 0 Å². The van der Waals surface area contributed by atoms with E-state index in [1.807, 2.05) is 30.3 Å². The smallest absolute Gasteiger partial charge is 0.126 e. The number of benzene rings is 1. The van der Waals surface area contributed by atoms with E-state index in [4.69, 9.17) is 0 Å². The summed E-state index contributed by atoms with van der Waals surface area (Å²) in [5.41, 5.74) is 1.27. The molecule has 0 aliphatic carbocycles. The number of hydrogen-bond acceptors (Lipinski definition) is 0. The van der Waals surface area contributed by atoms with Crippen LogP contribution in [-0.4, -0.2) is 0 Å².